The van der Waals surface area contributed by atoms with E-state index in [1.54, 1.807) is 19.8 Å². The summed E-state index contributed by atoms with van der Waals surface area (Å²) in [4.78, 5) is 3.99. The van der Waals surface area contributed by atoms with Gasteiger partial charge in [-0.1, -0.05) is 42.5 Å². The Hall–Kier alpha value is -3.80. The molecule has 0 saturated heterocycles. The molecule has 6 nitrogen and oxygen atoms in total. The van der Waals surface area contributed by atoms with Crippen molar-refractivity contribution >= 4 is 17.1 Å². The summed E-state index contributed by atoms with van der Waals surface area (Å²) in [5.41, 5.74) is 5.21. The van der Waals surface area contributed by atoms with Gasteiger partial charge in [0, 0.05) is 34.7 Å². The van der Waals surface area contributed by atoms with Crippen LogP contribution < -0.4 is 15.4 Å². The second-order valence-corrected chi connectivity index (χ2v) is 6.54. The average Bonchev–Trinajstić information content (AvgIpc) is 3.28. The van der Waals surface area contributed by atoms with Crippen LogP contribution in [0.2, 0.25) is 0 Å². The Labute approximate surface area is 170 Å². The number of ether oxygens (including phenoxy) is 1. The minimum Gasteiger partial charge on any atom is -0.496 e. The fourth-order valence-electron chi connectivity index (χ4n) is 3.21. The molecule has 0 saturated carbocycles. The third-order valence-corrected chi connectivity index (χ3v) is 4.60. The average molecular weight is 385 g/mol. The van der Waals surface area contributed by atoms with Crippen molar-refractivity contribution in [3.8, 4) is 16.9 Å². The van der Waals surface area contributed by atoms with Crippen LogP contribution in [0.15, 0.2) is 85.5 Å². The van der Waals surface area contributed by atoms with E-state index in [0.717, 1.165) is 47.0 Å². The molecule has 0 unspecified atom stereocenters. The number of benzene rings is 3. The molecule has 0 atom stereocenters. The molecule has 0 spiro atoms. The quantitative estimate of drug-likeness (QED) is 0.456. The first kappa shape index (κ1) is 18.6. The number of methoxy groups -OCH3 is 1. The van der Waals surface area contributed by atoms with Crippen molar-refractivity contribution in [1.82, 2.24) is 14.8 Å². The summed E-state index contributed by atoms with van der Waals surface area (Å²) in [5, 5.41) is 11.2. The van der Waals surface area contributed by atoms with Crippen LogP contribution >= 0.6 is 0 Å². The lowest BCUT2D eigenvalue weighted by Crippen LogP contribution is -2.11. The van der Waals surface area contributed by atoms with Gasteiger partial charge in [0.05, 0.1) is 13.7 Å². The molecule has 0 amide bonds. The highest BCUT2D eigenvalue weighted by Gasteiger charge is 2.11. The molecule has 146 valence electrons. The standard InChI is InChI=1S/C23H23N5O/c1-29-23-10-6-5-9-21(23)20-12-11-19(27-18-7-3-2-4-8-18)15-22(20)25-13-14-28-17-24-16-26-28/h2-12,15-17,25,27H,13-14H2,1H3. The fourth-order valence-corrected chi connectivity index (χ4v) is 3.21. The summed E-state index contributed by atoms with van der Waals surface area (Å²) in [6, 6.07) is 24.5. The molecule has 0 bridgehead atoms. The van der Waals surface area contributed by atoms with E-state index in [1.807, 2.05) is 53.2 Å². The van der Waals surface area contributed by atoms with E-state index in [4.69, 9.17) is 4.74 Å². The maximum absolute atomic E-state index is 5.58. The third kappa shape index (κ3) is 4.55. The van der Waals surface area contributed by atoms with Gasteiger partial charge in [-0.05, 0) is 30.3 Å². The first-order valence-electron chi connectivity index (χ1n) is 9.49. The van der Waals surface area contributed by atoms with Crippen molar-refractivity contribution in [3.05, 3.63) is 85.5 Å². The summed E-state index contributed by atoms with van der Waals surface area (Å²) in [6.45, 7) is 1.45. The highest BCUT2D eigenvalue weighted by molar-refractivity contribution is 5.84. The van der Waals surface area contributed by atoms with Gasteiger partial charge in [0.15, 0.2) is 0 Å². The maximum Gasteiger partial charge on any atom is 0.137 e. The van der Waals surface area contributed by atoms with Gasteiger partial charge in [0.25, 0.3) is 0 Å². The first-order valence-corrected chi connectivity index (χ1v) is 9.49. The number of nitrogens with one attached hydrogen (secondary N) is 2. The van der Waals surface area contributed by atoms with Crippen LogP contribution in [0.5, 0.6) is 5.75 Å². The monoisotopic (exact) mass is 385 g/mol. The Morgan fingerprint density at radius 2 is 1.72 bits per heavy atom. The molecule has 6 heteroatoms. The molecule has 29 heavy (non-hydrogen) atoms. The molecule has 1 aromatic heterocycles. The number of nitrogens with zero attached hydrogens (tertiary/aromatic N) is 3. The molecular weight excluding hydrogens is 362 g/mol. The zero-order valence-corrected chi connectivity index (χ0v) is 16.2. The molecule has 0 radical (unpaired) electrons. The number of hydrogen-bond acceptors (Lipinski definition) is 5. The summed E-state index contributed by atoms with van der Waals surface area (Å²) in [7, 11) is 1.70. The van der Waals surface area contributed by atoms with Crippen molar-refractivity contribution in [2.45, 2.75) is 6.54 Å². The number of aromatic nitrogens is 3. The molecule has 0 aliphatic carbocycles. The third-order valence-electron chi connectivity index (χ3n) is 4.60. The van der Waals surface area contributed by atoms with E-state index in [-0.39, 0.29) is 0 Å². The van der Waals surface area contributed by atoms with Crippen molar-refractivity contribution in [2.24, 2.45) is 0 Å². The lowest BCUT2D eigenvalue weighted by Gasteiger charge is -2.17. The second kappa shape index (κ2) is 8.93. The molecule has 1 heterocycles. The lowest BCUT2D eigenvalue weighted by molar-refractivity contribution is 0.416. The van der Waals surface area contributed by atoms with E-state index in [0.29, 0.717) is 0 Å². The van der Waals surface area contributed by atoms with Gasteiger partial charge in [0.2, 0.25) is 0 Å². The molecular formula is C23H23N5O. The lowest BCUT2D eigenvalue weighted by atomic mass is 10.0. The molecule has 0 aliphatic heterocycles. The Morgan fingerprint density at radius 3 is 2.52 bits per heavy atom. The van der Waals surface area contributed by atoms with Crippen LogP contribution in [-0.4, -0.2) is 28.4 Å². The van der Waals surface area contributed by atoms with Crippen LogP contribution in [-0.2, 0) is 6.54 Å². The van der Waals surface area contributed by atoms with Gasteiger partial charge in [0.1, 0.15) is 18.4 Å². The number of hydrogen-bond donors (Lipinski definition) is 2. The molecule has 0 aliphatic rings. The second-order valence-electron chi connectivity index (χ2n) is 6.54. The van der Waals surface area contributed by atoms with E-state index in [9.17, 15) is 0 Å². The predicted octanol–water partition coefficient (Wildman–Crippen LogP) is 4.81. The molecule has 2 N–H and O–H groups in total. The molecule has 4 rings (SSSR count). The van der Waals surface area contributed by atoms with Gasteiger partial charge in [-0.2, -0.15) is 5.10 Å². The van der Waals surface area contributed by atoms with Crippen molar-refractivity contribution in [2.75, 3.05) is 24.3 Å². The van der Waals surface area contributed by atoms with Gasteiger partial charge in [-0.15, -0.1) is 0 Å². The zero-order valence-electron chi connectivity index (χ0n) is 16.2. The minimum absolute atomic E-state index is 0.723. The number of rotatable bonds is 8. The van der Waals surface area contributed by atoms with Gasteiger partial charge >= 0.3 is 0 Å². The summed E-state index contributed by atoms with van der Waals surface area (Å²) < 4.78 is 7.39. The number of anilines is 3. The SMILES string of the molecule is COc1ccccc1-c1ccc(Nc2ccccc2)cc1NCCn1cncn1. The van der Waals surface area contributed by atoms with E-state index < -0.39 is 0 Å². The Kier molecular flexibility index (Phi) is 5.71. The zero-order chi connectivity index (χ0) is 19.9. The summed E-state index contributed by atoms with van der Waals surface area (Å²) in [6.07, 6.45) is 3.26. The molecule has 0 fully saturated rings. The largest absolute Gasteiger partial charge is 0.496 e. The maximum atomic E-state index is 5.58. The van der Waals surface area contributed by atoms with Crippen LogP contribution in [0.3, 0.4) is 0 Å². The van der Waals surface area contributed by atoms with Gasteiger partial charge < -0.3 is 15.4 Å². The molecule has 4 aromatic rings. The normalized spacial score (nSPS) is 10.5. The van der Waals surface area contributed by atoms with Crippen LogP contribution in [0, 0.1) is 0 Å². The fraction of sp³-hybridized carbons (Fsp3) is 0.130. The van der Waals surface area contributed by atoms with Crippen molar-refractivity contribution in [1.29, 1.82) is 0 Å². The van der Waals surface area contributed by atoms with E-state index in [1.165, 1.54) is 0 Å². The van der Waals surface area contributed by atoms with E-state index >= 15 is 0 Å². The highest BCUT2D eigenvalue weighted by Crippen LogP contribution is 2.36. The first-order chi connectivity index (χ1) is 14.3. The highest BCUT2D eigenvalue weighted by atomic mass is 16.5. The topological polar surface area (TPSA) is 64.0 Å². The van der Waals surface area contributed by atoms with Crippen molar-refractivity contribution < 1.29 is 4.74 Å². The summed E-state index contributed by atoms with van der Waals surface area (Å²) in [5.74, 6) is 0.843. The minimum atomic E-state index is 0.723. The van der Waals surface area contributed by atoms with Crippen LogP contribution in [0.25, 0.3) is 11.1 Å². The predicted molar refractivity (Wildman–Crippen MR) is 117 cm³/mol. The summed E-state index contributed by atoms with van der Waals surface area (Å²) >= 11 is 0. The number of para-hydroxylation sites is 2. The van der Waals surface area contributed by atoms with Gasteiger partial charge in [-0.25, -0.2) is 4.98 Å². The van der Waals surface area contributed by atoms with Crippen LogP contribution in [0.1, 0.15) is 0 Å². The van der Waals surface area contributed by atoms with E-state index in [2.05, 4.69) is 45.0 Å². The van der Waals surface area contributed by atoms with Gasteiger partial charge in [-0.3, -0.25) is 4.68 Å². The van der Waals surface area contributed by atoms with Crippen LogP contribution in [0.4, 0.5) is 17.1 Å². The Bertz CT molecular complexity index is 1050. The Morgan fingerprint density at radius 1 is 0.897 bits per heavy atom. The molecule has 3 aromatic carbocycles. The van der Waals surface area contributed by atoms with Crippen molar-refractivity contribution in [3.63, 3.8) is 0 Å². The smallest absolute Gasteiger partial charge is 0.137 e. The Balaban J connectivity index is 1.63.